The monoisotopic (exact) mass is 476 g/mol. The molecule has 0 bridgehead atoms. The van der Waals surface area contributed by atoms with Gasteiger partial charge < -0.3 is 9.47 Å². The molecular formula is C19H19Cl3N2O4S. The van der Waals surface area contributed by atoms with E-state index in [1.165, 1.54) is 16.4 Å². The lowest BCUT2D eigenvalue weighted by atomic mass is 10.1. The predicted molar refractivity (Wildman–Crippen MR) is 112 cm³/mol. The summed E-state index contributed by atoms with van der Waals surface area (Å²) in [6, 6.07) is 8.42. The van der Waals surface area contributed by atoms with Crippen molar-refractivity contribution in [2.24, 2.45) is 0 Å². The third kappa shape index (κ3) is 4.37. The summed E-state index contributed by atoms with van der Waals surface area (Å²) in [7, 11) is -3.76. The fourth-order valence-corrected chi connectivity index (χ4v) is 6.38. The van der Waals surface area contributed by atoms with Crippen LogP contribution in [0.5, 0.6) is 5.75 Å². The first-order valence-corrected chi connectivity index (χ1v) is 11.6. The van der Waals surface area contributed by atoms with Gasteiger partial charge in [-0.3, -0.25) is 4.90 Å². The van der Waals surface area contributed by atoms with Gasteiger partial charge in [-0.05, 0) is 24.3 Å². The van der Waals surface area contributed by atoms with Crippen molar-refractivity contribution in [1.29, 1.82) is 0 Å². The van der Waals surface area contributed by atoms with Gasteiger partial charge >= 0.3 is 0 Å². The minimum Gasteiger partial charge on any atom is -0.467 e. The Morgan fingerprint density at radius 3 is 2.38 bits per heavy atom. The van der Waals surface area contributed by atoms with Crippen molar-refractivity contribution in [3.8, 4) is 5.75 Å². The molecule has 1 fully saturated rings. The highest BCUT2D eigenvalue weighted by Gasteiger charge is 2.32. The van der Waals surface area contributed by atoms with Crippen molar-refractivity contribution in [1.82, 2.24) is 9.21 Å². The Kier molecular flexibility index (Phi) is 6.27. The number of benzene rings is 2. The van der Waals surface area contributed by atoms with E-state index < -0.39 is 10.0 Å². The van der Waals surface area contributed by atoms with Crippen molar-refractivity contribution >= 4 is 44.8 Å². The highest BCUT2D eigenvalue weighted by atomic mass is 35.5. The van der Waals surface area contributed by atoms with E-state index >= 15 is 0 Å². The van der Waals surface area contributed by atoms with Gasteiger partial charge in [0.15, 0.2) is 6.79 Å². The molecule has 0 unspecified atom stereocenters. The molecule has 156 valence electrons. The average Bonchev–Trinajstić information content (AvgIpc) is 2.68. The standard InChI is InChI=1S/C19H19Cl3N2O4S/c20-15-8-13(18-14(9-15)11-27-12-28-18)10-23-4-6-24(7-5-23)29(25,26)19-16(21)2-1-3-17(19)22/h1-3,8-9H,4-7,10-12H2. The molecule has 0 spiro atoms. The summed E-state index contributed by atoms with van der Waals surface area (Å²) >= 11 is 18.5. The van der Waals surface area contributed by atoms with Crippen molar-refractivity contribution in [2.45, 2.75) is 18.0 Å². The second-order valence-corrected chi connectivity index (χ2v) is 10.0. The summed E-state index contributed by atoms with van der Waals surface area (Å²) < 4.78 is 38.4. The van der Waals surface area contributed by atoms with E-state index in [0.29, 0.717) is 44.4 Å². The maximum atomic E-state index is 13.0. The third-order valence-electron chi connectivity index (χ3n) is 4.99. The number of ether oxygens (including phenoxy) is 2. The van der Waals surface area contributed by atoms with Gasteiger partial charge in [0.1, 0.15) is 10.6 Å². The van der Waals surface area contributed by atoms with E-state index in [0.717, 1.165) is 16.9 Å². The van der Waals surface area contributed by atoms with Crippen LogP contribution in [0.25, 0.3) is 0 Å². The van der Waals surface area contributed by atoms with Crippen molar-refractivity contribution < 1.29 is 17.9 Å². The van der Waals surface area contributed by atoms with E-state index in [1.54, 1.807) is 6.07 Å². The summed E-state index contributed by atoms with van der Waals surface area (Å²) in [5.41, 5.74) is 1.90. The molecule has 2 heterocycles. The largest absolute Gasteiger partial charge is 0.467 e. The van der Waals surface area contributed by atoms with Crippen LogP contribution < -0.4 is 4.74 Å². The van der Waals surface area contributed by atoms with Gasteiger partial charge in [0.25, 0.3) is 0 Å². The van der Waals surface area contributed by atoms with Gasteiger partial charge in [0.2, 0.25) is 10.0 Å². The number of piperazine rings is 1. The van der Waals surface area contributed by atoms with Crippen LogP contribution in [0.2, 0.25) is 15.1 Å². The second kappa shape index (κ2) is 8.59. The number of rotatable bonds is 4. The lowest BCUT2D eigenvalue weighted by Gasteiger charge is -2.34. The fourth-order valence-electron chi connectivity index (χ4n) is 3.60. The van der Waals surface area contributed by atoms with E-state index in [-0.39, 0.29) is 21.7 Å². The molecule has 2 aromatic rings. The minimum absolute atomic E-state index is 0.0332. The number of halogens is 3. The van der Waals surface area contributed by atoms with Gasteiger partial charge in [-0.2, -0.15) is 4.31 Å². The van der Waals surface area contributed by atoms with Crippen LogP contribution in [-0.4, -0.2) is 50.6 Å². The van der Waals surface area contributed by atoms with E-state index in [4.69, 9.17) is 44.3 Å². The van der Waals surface area contributed by atoms with Crippen LogP contribution in [0.15, 0.2) is 35.2 Å². The lowest BCUT2D eigenvalue weighted by Crippen LogP contribution is -2.48. The molecule has 0 aromatic heterocycles. The Bertz CT molecular complexity index is 1000. The quantitative estimate of drug-likeness (QED) is 0.666. The molecule has 2 aliphatic heterocycles. The third-order valence-corrected chi connectivity index (χ3v) is 8.07. The number of fused-ring (bicyclic) bond motifs is 1. The Morgan fingerprint density at radius 2 is 1.69 bits per heavy atom. The van der Waals surface area contributed by atoms with Gasteiger partial charge in [0, 0.05) is 48.9 Å². The van der Waals surface area contributed by atoms with E-state index in [2.05, 4.69) is 4.90 Å². The van der Waals surface area contributed by atoms with Crippen molar-refractivity contribution in [3.63, 3.8) is 0 Å². The van der Waals surface area contributed by atoms with E-state index in [9.17, 15) is 8.42 Å². The zero-order valence-corrected chi connectivity index (χ0v) is 18.5. The molecule has 10 heteroatoms. The predicted octanol–water partition coefficient (Wildman–Crippen LogP) is 4.02. The molecule has 6 nitrogen and oxygen atoms in total. The van der Waals surface area contributed by atoms with Crippen molar-refractivity contribution in [3.05, 3.63) is 56.5 Å². The highest BCUT2D eigenvalue weighted by Crippen LogP contribution is 2.34. The molecule has 2 aliphatic rings. The highest BCUT2D eigenvalue weighted by molar-refractivity contribution is 7.89. The molecule has 0 amide bonds. The number of hydrogen-bond acceptors (Lipinski definition) is 5. The summed E-state index contributed by atoms with van der Waals surface area (Å²) in [6.45, 7) is 3.12. The first-order chi connectivity index (χ1) is 13.9. The summed E-state index contributed by atoms with van der Waals surface area (Å²) in [4.78, 5) is 2.14. The van der Waals surface area contributed by atoms with Gasteiger partial charge in [-0.15, -0.1) is 0 Å². The van der Waals surface area contributed by atoms with Crippen LogP contribution >= 0.6 is 34.8 Å². The molecule has 29 heavy (non-hydrogen) atoms. The van der Waals surface area contributed by atoms with Crippen LogP contribution in [0, 0.1) is 0 Å². The summed E-state index contributed by atoms with van der Waals surface area (Å²) in [5, 5.41) is 0.886. The smallest absolute Gasteiger partial charge is 0.246 e. The van der Waals surface area contributed by atoms with Crippen LogP contribution in [0.3, 0.4) is 0 Å². The topological polar surface area (TPSA) is 59.1 Å². The molecule has 0 N–H and O–H groups in total. The van der Waals surface area contributed by atoms with Gasteiger partial charge in [-0.25, -0.2) is 8.42 Å². The van der Waals surface area contributed by atoms with Crippen LogP contribution in [0.4, 0.5) is 0 Å². The fraction of sp³-hybridized carbons (Fsp3) is 0.368. The molecule has 0 radical (unpaired) electrons. The number of hydrogen-bond donors (Lipinski definition) is 0. The molecule has 0 atom stereocenters. The van der Waals surface area contributed by atoms with Gasteiger partial charge in [0.05, 0.1) is 16.7 Å². The summed E-state index contributed by atoms with van der Waals surface area (Å²) in [5.74, 6) is 0.804. The lowest BCUT2D eigenvalue weighted by molar-refractivity contribution is -0.0175. The van der Waals surface area contributed by atoms with Crippen molar-refractivity contribution in [2.75, 3.05) is 33.0 Å². The molecule has 0 aliphatic carbocycles. The molecule has 1 saturated heterocycles. The maximum Gasteiger partial charge on any atom is 0.246 e. The molecule has 4 rings (SSSR count). The van der Waals surface area contributed by atoms with E-state index in [1.807, 2.05) is 12.1 Å². The molecule has 0 saturated carbocycles. The number of nitrogens with zero attached hydrogens (tertiary/aromatic N) is 2. The normalized spacial score (nSPS) is 18.3. The molecule has 2 aromatic carbocycles. The first-order valence-electron chi connectivity index (χ1n) is 9.04. The average molecular weight is 478 g/mol. The Labute approximate surface area is 184 Å². The van der Waals surface area contributed by atoms with Gasteiger partial charge in [-0.1, -0.05) is 40.9 Å². The summed E-state index contributed by atoms with van der Waals surface area (Å²) in [6.07, 6.45) is 0. The molecular weight excluding hydrogens is 459 g/mol. The van der Waals surface area contributed by atoms with Crippen LogP contribution in [-0.2, 0) is 27.9 Å². The Hall–Kier alpha value is -1.06. The SMILES string of the molecule is O=S(=O)(c1c(Cl)cccc1Cl)N1CCN(Cc2cc(Cl)cc3c2OCOC3)CC1. The number of sulfonamides is 1. The Balaban J connectivity index is 1.47. The second-order valence-electron chi connectivity index (χ2n) is 6.89. The first kappa shape index (κ1) is 21.2. The van der Waals surface area contributed by atoms with Crippen LogP contribution in [0.1, 0.15) is 11.1 Å². The maximum absolute atomic E-state index is 13.0. The minimum atomic E-state index is -3.76. The Morgan fingerprint density at radius 1 is 1.00 bits per heavy atom. The zero-order valence-electron chi connectivity index (χ0n) is 15.4. The zero-order chi connectivity index (χ0) is 20.6.